The molecule has 0 aromatic rings. The normalized spacial score (nSPS) is 15.1. The topological polar surface area (TPSA) is 214 Å². The number of hydrogen-bond acceptors (Lipinski definition) is 8. The van der Waals surface area contributed by atoms with Crippen molar-refractivity contribution in [2.45, 2.75) is 37.5 Å². The van der Waals surface area contributed by atoms with Gasteiger partial charge in [0.05, 0.1) is 13.0 Å². The highest BCUT2D eigenvalue weighted by Gasteiger charge is 2.28. The fourth-order valence-corrected chi connectivity index (χ4v) is 1.88. The number of rotatable bonds is 11. The van der Waals surface area contributed by atoms with Gasteiger partial charge in [-0.25, -0.2) is 4.79 Å². The lowest BCUT2D eigenvalue weighted by molar-refractivity contribution is -0.141. The van der Waals surface area contributed by atoms with Crippen molar-refractivity contribution in [3.63, 3.8) is 0 Å². The van der Waals surface area contributed by atoms with E-state index in [0.29, 0.717) is 0 Å². The summed E-state index contributed by atoms with van der Waals surface area (Å²) in [5.74, 6) is -4.99. The van der Waals surface area contributed by atoms with Crippen molar-refractivity contribution in [3.05, 3.63) is 0 Å². The average Bonchev–Trinajstić information content (AvgIpc) is 2.56. The van der Waals surface area contributed by atoms with Gasteiger partial charge in [0.15, 0.2) is 0 Å². The number of carbonyl (C=O) groups excluding carboxylic acids is 4. The summed E-state index contributed by atoms with van der Waals surface area (Å²) >= 11 is 3.79. The molecule has 0 heterocycles. The van der Waals surface area contributed by atoms with Gasteiger partial charge in [0, 0.05) is 5.75 Å². The Morgan fingerprint density at radius 3 is 1.96 bits per heavy atom. The first-order valence-electron chi connectivity index (χ1n) is 7.43. The van der Waals surface area contributed by atoms with Crippen LogP contribution in [0.25, 0.3) is 0 Å². The maximum atomic E-state index is 12.2. The third-order valence-corrected chi connectivity index (χ3v) is 3.49. The molecule has 0 saturated carbocycles. The van der Waals surface area contributed by atoms with Crippen LogP contribution >= 0.6 is 12.6 Å². The van der Waals surface area contributed by atoms with Crippen molar-refractivity contribution in [2.75, 3.05) is 12.4 Å². The molecule has 0 aliphatic rings. The Labute approximate surface area is 154 Å². The Balaban J connectivity index is 4.95. The van der Waals surface area contributed by atoms with Crippen LogP contribution < -0.4 is 27.4 Å². The molecule has 0 spiro atoms. The molecule has 26 heavy (non-hydrogen) atoms. The molecular formula is C13H23N5O7S. The zero-order chi connectivity index (χ0) is 20.4. The van der Waals surface area contributed by atoms with Crippen LogP contribution in [0.2, 0.25) is 0 Å². The van der Waals surface area contributed by atoms with E-state index < -0.39 is 66.8 Å². The van der Waals surface area contributed by atoms with Crippen molar-refractivity contribution < 1.29 is 34.2 Å². The van der Waals surface area contributed by atoms with Crippen molar-refractivity contribution in [1.82, 2.24) is 16.0 Å². The zero-order valence-electron chi connectivity index (χ0n) is 14.0. The van der Waals surface area contributed by atoms with Crippen LogP contribution in [0.3, 0.4) is 0 Å². The summed E-state index contributed by atoms with van der Waals surface area (Å²) in [7, 11) is 0. The van der Waals surface area contributed by atoms with Crippen molar-refractivity contribution >= 4 is 42.2 Å². The van der Waals surface area contributed by atoms with Crippen LogP contribution in [0.4, 0.5) is 0 Å². The summed E-state index contributed by atoms with van der Waals surface area (Å²) in [6.45, 7) is 0.586. The van der Waals surface area contributed by atoms with Gasteiger partial charge in [-0.3, -0.25) is 19.2 Å². The summed E-state index contributed by atoms with van der Waals surface area (Å²) in [6.07, 6.45) is -0.571. The maximum Gasteiger partial charge on any atom is 0.327 e. The molecule has 9 N–H and O–H groups in total. The van der Waals surface area contributed by atoms with Crippen LogP contribution in [0.5, 0.6) is 0 Å². The minimum absolute atomic E-state index is 0.166. The summed E-state index contributed by atoms with van der Waals surface area (Å²) < 4.78 is 0. The quantitative estimate of drug-likeness (QED) is 0.160. The van der Waals surface area contributed by atoms with E-state index in [1.807, 2.05) is 0 Å². The van der Waals surface area contributed by atoms with Gasteiger partial charge in [0.1, 0.15) is 24.2 Å². The lowest BCUT2D eigenvalue weighted by Gasteiger charge is -2.22. The largest absolute Gasteiger partial charge is 0.480 e. The van der Waals surface area contributed by atoms with Crippen LogP contribution in [-0.2, 0) is 24.0 Å². The van der Waals surface area contributed by atoms with E-state index in [9.17, 15) is 24.0 Å². The first-order chi connectivity index (χ1) is 12.0. The zero-order valence-corrected chi connectivity index (χ0v) is 14.9. The van der Waals surface area contributed by atoms with Gasteiger partial charge in [-0.2, -0.15) is 12.6 Å². The fraction of sp³-hybridized carbons (Fsp3) is 0.615. The molecule has 0 fully saturated rings. The SMILES string of the molecule is CC(NC(=O)C(CC(N)=O)NC(=O)C(N)CO)C(=O)NC(CS)C(=O)O. The number of aliphatic hydroxyl groups excluding tert-OH is 1. The molecule has 12 nitrogen and oxygen atoms in total. The summed E-state index contributed by atoms with van der Waals surface area (Å²) in [5.41, 5.74) is 10.3. The molecule has 13 heteroatoms. The molecule has 4 amide bonds. The second-order valence-electron chi connectivity index (χ2n) is 5.33. The van der Waals surface area contributed by atoms with Crippen LogP contribution in [-0.4, -0.2) is 76.3 Å². The fourth-order valence-electron chi connectivity index (χ4n) is 1.63. The van der Waals surface area contributed by atoms with Crippen LogP contribution in [0.1, 0.15) is 13.3 Å². The van der Waals surface area contributed by atoms with E-state index in [4.69, 9.17) is 21.7 Å². The highest BCUT2D eigenvalue weighted by Crippen LogP contribution is 1.97. The first-order valence-corrected chi connectivity index (χ1v) is 8.06. The Morgan fingerprint density at radius 1 is 1.00 bits per heavy atom. The molecular weight excluding hydrogens is 370 g/mol. The maximum absolute atomic E-state index is 12.2. The predicted molar refractivity (Wildman–Crippen MR) is 91.8 cm³/mol. The van der Waals surface area contributed by atoms with Gasteiger partial charge in [-0.1, -0.05) is 0 Å². The Kier molecular flexibility index (Phi) is 10.2. The van der Waals surface area contributed by atoms with E-state index in [1.165, 1.54) is 6.92 Å². The molecule has 0 aliphatic heterocycles. The van der Waals surface area contributed by atoms with Crippen molar-refractivity contribution in [3.8, 4) is 0 Å². The predicted octanol–water partition coefficient (Wildman–Crippen LogP) is -4.33. The number of amides is 4. The van der Waals surface area contributed by atoms with Gasteiger partial charge in [-0.05, 0) is 6.92 Å². The number of carboxylic acid groups (broad SMARTS) is 1. The Morgan fingerprint density at radius 2 is 1.54 bits per heavy atom. The standard InChI is InChI=1S/C13H23N5O7S/c1-5(10(21)18-8(4-26)13(24)25)16-12(23)7(2-9(15)20)17-11(22)6(14)3-19/h5-8,19,26H,2-4,14H2,1H3,(H2,15,20)(H,16,23)(H,17,22)(H,18,21)(H,24,25). The molecule has 0 aliphatic carbocycles. The minimum Gasteiger partial charge on any atom is -0.480 e. The average molecular weight is 393 g/mol. The Hall–Kier alpha value is -2.38. The number of nitrogens with two attached hydrogens (primary N) is 2. The molecule has 0 rings (SSSR count). The molecule has 0 aromatic carbocycles. The highest BCUT2D eigenvalue weighted by molar-refractivity contribution is 7.80. The summed E-state index contributed by atoms with van der Waals surface area (Å²) in [4.78, 5) is 57.7. The second-order valence-corrected chi connectivity index (χ2v) is 5.70. The van der Waals surface area contributed by atoms with Gasteiger partial charge < -0.3 is 37.6 Å². The lowest BCUT2D eigenvalue weighted by Crippen LogP contribution is -2.57. The molecule has 0 radical (unpaired) electrons. The van der Waals surface area contributed by atoms with E-state index in [-0.39, 0.29) is 5.75 Å². The van der Waals surface area contributed by atoms with E-state index in [1.54, 1.807) is 0 Å². The molecule has 0 bridgehead atoms. The molecule has 0 saturated heterocycles. The Bertz CT molecular complexity index is 559. The third kappa shape index (κ3) is 8.13. The lowest BCUT2D eigenvalue weighted by atomic mass is 10.1. The second kappa shape index (κ2) is 11.3. The number of carboxylic acids is 1. The highest BCUT2D eigenvalue weighted by atomic mass is 32.1. The number of primary amides is 1. The van der Waals surface area contributed by atoms with Crippen LogP contribution in [0.15, 0.2) is 0 Å². The monoisotopic (exact) mass is 393 g/mol. The van der Waals surface area contributed by atoms with Gasteiger partial charge in [0.25, 0.3) is 0 Å². The summed E-state index contributed by atoms with van der Waals surface area (Å²) in [6, 6.07) is -5.17. The van der Waals surface area contributed by atoms with Gasteiger partial charge in [0.2, 0.25) is 23.6 Å². The molecule has 4 atom stereocenters. The molecule has 4 unspecified atom stereocenters. The van der Waals surface area contributed by atoms with Crippen LogP contribution in [0, 0.1) is 0 Å². The minimum atomic E-state index is -1.42. The van der Waals surface area contributed by atoms with E-state index in [2.05, 4.69) is 28.6 Å². The number of hydrogen-bond donors (Lipinski definition) is 8. The molecule has 0 aromatic heterocycles. The number of aliphatic hydroxyl groups is 1. The number of carbonyl (C=O) groups is 5. The number of thiol groups is 1. The first kappa shape index (κ1) is 23.6. The number of aliphatic carboxylic acids is 1. The van der Waals surface area contributed by atoms with E-state index in [0.717, 1.165) is 0 Å². The van der Waals surface area contributed by atoms with Gasteiger partial charge >= 0.3 is 5.97 Å². The number of nitrogens with one attached hydrogen (secondary N) is 3. The molecule has 148 valence electrons. The van der Waals surface area contributed by atoms with Gasteiger partial charge in [-0.15, -0.1) is 0 Å². The summed E-state index contributed by atoms with van der Waals surface area (Å²) in [5, 5.41) is 24.2. The smallest absolute Gasteiger partial charge is 0.327 e. The van der Waals surface area contributed by atoms with Crippen molar-refractivity contribution in [2.24, 2.45) is 11.5 Å². The van der Waals surface area contributed by atoms with E-state index >= 15 is 0 Å². The third-order valence-electron chi connectivity index (χ3n) is 3.12. The van der Waals surface area contributed by atoms with Crippen molar-refractivity contribution in [1.29, 1.82) is 0 Å².